The average molecular weight is 408 g/mol. The molecule has 0 aliphatic carbocycles. The van der Waals surface area contributed by atoms with Gasteiger partial charge in [0.05, 0.1) is 13.2 Å². The third-order valence-electron chi connectivity index (χ3n) is 6.44. The van der Waals surface area contributed by atoms with Gasteiger partial charge in [-0.3, -0.25) is 4.90 Å². The molecule has 5 heteroatoms. The summed E-state index contributed by atoms with van der Waals surface area (Å²) in [6.07, 6.45) is 4.26. The van der Waals surface area contributed by atoms with Gasteiger partial charge in [-0.2, -0.15) is 0 Å². The van der Waals surface area contributed by atoms with Crippen molar-refractivity contribution in [2.24, 2.45) is 0 Å². The highest BCUT2D eigenvalue weighted by Crippen LogP contribution is 2.24. The van der Waals surface area contributed by atoms with E-state index in [0.29, 0.717) is 6.04 Å². The number of nitrogens with one attached hydrogen (secondary N) is 1. The summed E-state index contributed by atoms with van der Waals surface area (Å²) in [5.74, 6) is 0. The molecular formula is C25H33N3O2. The Morgan fingerprint density at radius 3 is 2.50 bits per heavy atom. The van der Waals surface area contributed by atoms with Crippen molar-refractivity contribution in [2.45, 2.75) is 44.7 Å². The quantitative estimate of drug-likeness (QED) is 0.781. The van der Waals surface area contributed by atoms with Gasteiger partial charge in [0.2, 0.25) is 0 Å². The third kappa shape index (κ3) is 5.21. The van der Waals surface area contributed by atoms with Crippen LogP contribution in [0.4, 0.5) is 10.5 Å². The van der Waals surface area contributed by atoms with Crippen LogP contribution < -0.4 is 5.32 Å². The lowest BCUT2D eigenvalue weighted by atomic mass is 9.96. The van der Waals surface area contributed by atoms with Crippen LogP contribution in [0, 0.1) is 0 Å². The van der Waals surface area contributed by atoms with E-state index in [1.807, 2.05) is 23.1 Å². The highest BCUT2D eigenvalue weighted by molar-refractivity contribution is 5.89. The second kappa shape index (κ2) is 10.1. The molecule has 0 spiro atoms. The normalized spacial score (nSPS) is 21.2. The van der Waals surface area contributed by atoms with Gasteiger partial charge in [0, 0.05) is 37.4 Å². The smallest absolute Gasteiger partial charge is 0.322 e. The van der Waals surface area contributed by atoms with Gasteiger partial charge in [0.25, 0.3) is 0 Å². The fourth-order valence-electron chi connectivity index (χ4n) is 4.58. The molecule has 160 valence electrons. The second-order valence-electron chi connectivity index (χ2n) is 8.41. The molecule has 2 aromatic carbocycles. The minimum Gasteiger partial charge on any atom is -0.379 e. The van der Waals surface area contributed by atoms with Crippen LogP contribution in [-0.4, -0.2) is 54.7 Å². The van der Waals surface area contributed by atoms with Crippen LogP contribution in [0.3, 0.4) is 0 Å². The minimum atomic E-state index is 0.0182. The summed E-state index contributed by atoms with van der Waals surface area (Å²) in [4.78, 5) is 17.5. The third-order valence-corrected chi connectivity index (χ3v) is 6.44. The number of carbonyl (C=O) groups is 1. The van der Waals surface area contributed by atoms with Gasteiger partial charge >= 0.3 is 6.03 Å². The minimum absolute atomic E-state index is 0.0182. The lowest BCUT2D eigenvalue weighted by Crippen LogP contribution is -2.46. The van der Waals surface area contributed by atoms with E-state index in [2.05, 4.69) is 53.5 Å². The molecule has 2 heterocycles. The molecule has 0 aromatic heterocycles. The molecule has 2 fully saturated rings. The van der Waals surface area contributed by atoms with Gasteiger partial charge in [-0.1, -0.05) is 42.5 Å². The van der Waals surface area contributed by atoms with E-state index >= 15 is 0 Å². The number of morpholine rings is 1. The van der Waals surface area contributed by atoms with Gasteiger partial charge in [-0.05, 0) is 55.9 Å². The summed E-state index contributed by atoms with van der Waals surface area (Å²) in [6.45, 7) is 6.61. The topological polar surface area (TPSA) is 44.8 Å². The van der Waals surface area contributed by atoms with Crippen LogP contribution in [0.1, 0.15) is 43.4 Å². The van der Waals surface area contributed by atoms with Crippen LogP contribution >= 0.6 is 0 Å². The molecule has 2 aromatic rings. The molecule has 2 atom stereocenters. The van der Waals surface area contributed by atoms with E-state index in [0.717, 1.165) is 57.8 Å². The standard InChI is InChI=1S/C25H33N3O2/c1-20(27-15-17-30-18-16-27)22-10-12-23(13-11-22)26-25(29)28-14-6-5-9-24(28)19-21-7-3-2-4-8-21/h2-4,7-8,10-13,20,24H,5-6,9,14-19H2,1H3,(H,26,29). The van der Waals surface area contributed by atoms with E-state index in [1.54, 1.807) is 0 Å². The Kier molecular flexibility index (Phi) is 7.03. The van der Waals surface area contributed by atoms with Gasteiger partial charge in [-0.15, -0.1) is 0 Å². The number of benzene rings is 2. The Balaban J connectivity index is 1.37. The first-order valence-electron chi connectivity index (χ1n) is 11.2. The summed E-state index contributed by atoms with van der Waals surface area (Å²) < 4.78 is 5.46. The van der Waals surface area contributed by atoms with Gasteiger partial charge in [0.1, 0.15) is 0 Å². The Labute approximate surface area is 180 Å². The van der Waals surface area contributed by atoms with Crippen molar-refractivity contribution in [1.29, 1.82) is 0 Å². The largest absolute Gasteiger partial charge is 0.379 e. The van der Waals surface area contributed by atoms with Crippen LogP contribution in [0.2, 0.25) is 0 Å². The molecule has 2 aliphatic rings. The van der Waals surface area contributed by atoms with Crippen molar-refractivity contribution in [2.75, 3.05) is 38.2 Å². The van der Waals surface area contributed by atoms with Crippen molar-refractivity contribution in [3.63, 3.8) is 0 Å². The number of carbonyl (C=O) groups excluding carboxylic acids is 1. The Hall–Kier alpha value is -2.37. The molecule has 4 rings (SSSR count). The van der Waals surface area contributed by atoms with Gasteiger partial charge in [0.15, 0.2) is 0 Å². The molecule has 2 unspecified atom stereocenters. The number of anilines is 1. The van der Waals surface area contributed by atoms with E-state index < -0.39 is 0 Å². The SMILES string of the molecule is CC(c1ccc(NC(=O)N2CCCCC2Cc2ccccc2)cc1)N1CCOCC1. The molecule has 0 saturated carbocycles. The predicted molar refractivity (Wildman–Crippen MR) is 121 cm³/mol. The first kappa shape index (κ1) is 20.9. The van der Waals surface area contributed by atoms with Crippen molar-refractivity contribution >= 4 is 11.7 Å². The molecule has 2 amide bonds. The van der Waals surface area contributed by atoms with Crippen molar-refractivity contribution < 1.29 is 9.53 Å². The lowest BCUT2D eigenvalue weighted by molar-refractivity contribution is 0.0198. The van der Waals surface area contributed by atoms with Crippen molar-refractivity contribution in [3.8, 4) is 0 Å². The number of amides is 2. The van der Waals surface area contributed by atoms with Crippen LogP contribution in [0.25, 0.3) is 0 Å². The Morgan fingerprint density at radius 1 is 1.03 bits per heavy atom. The number of urea groups is 1. The monoisotopic (exact) mass is 407 g/mol. The molecule has 2 aliphatic heterocycles. The second-order valence-corrected chi connectivity index (χ2v) is 8.41. The van der Waals surface area contributed by atoms with E-state index in [4.69, 9.17) is 4.74 Å². The number of hydrogen-bond acceptors (Lipinski definition) is 3. The summed E-state index contributed by atoms with van der Waals surface area (Å²) >= 11 is 0. The molecule has 30 heavy (non-hydrogen) atoms. The summed E-state index contributed by atoms with van der Waals surface area (Å²) in [6, 6.07) is 19.4. The van der Waals surface area contributed by atoms with Crippen LogP contribution in [-0.2, 0) is 11.2 Å². The molecule has 5 nitrogen and oxygen atoms in total. The molecule has 2 saturated heterocycles. The maximum atomic E-state index is 13.0. The highest BCUT2D eigenvalue weighted by atomic mass is 16.5. The molecule has 1 N–H and O–H groups in total. The number of hydrogen-bond donors (Lipinski definition) is 1. The number of ether oxygens (including phenoxy) is 1. The predicted octanol–water partition coefficient (Wildman–Crippen LogP) is 4.71. The zero-order valence-corrected chi connectivity index (χ0v) is 17.9. The number of nitrogens with zero attached hydrogens (tertiary/aromatic N) is 2. The maximum Gasteiger partial charge on any atom is 0.322 e. The first-order chi connectivity index (χ1) is 14.7. The zero-order valence-electron chi connectivity index (χ0n) is 17.9. The highest BCUT2D eigenvalue weighted by Gasteiger charge is 2.27. The number of rotatable bonds is 5. The van der Waals surface area contributed by atoms with Gasteiger partial charge in [-0.25, -0.2) is 4.79 Å². The lowest BCUT2D eigenvalue weighted by Gasteiger charge is -2.36. The number of piperidine rings is 1. The molecule has 0 bridgehead atoms. The zero-order chi connectivity index (χ0) is 20.8. The number of likely N-dealkylation sites (tertiary alicyclic amines) is 1. The first-order valence-corrected chi connectivity index (χ1v) is 11.2. The summed E-state index contributed by atoms with van der Waals surface area (Å²) in [5, 5.41) is 3.13. The van der Waals surface area contributed by atoms with Crippen molar-refractivity contribution in [1.82, 2.24) is 9.80 Å². The van der Waals surface area contributed by atoms with Crippen molar-refractivity contribution in [3.05, 3.63) is 65.7 Å². The van der Waals surface area contributed by atoms with Crippen LogP contribution in [0.5, 0.6) is 0 Å². The fraction of sp³-hybridized carbons (Fsp3) is 0.480. The van der Waals surface area contributed by atoms with Crippen LogP contribution in [0.15, 0.2) is 54.6 Å². The Bertz CT molecular complexity index is 803. The maximum absolute atomic E-state index is 13.0. The van der Waals surface area contributed by atoms with E-state index in [9.17, 15) is 4.79 Å². The van der Waals surface area contributed by atoms with E-state index in [1.165, 1.54) is 17.5 Å². The average Bonchev–Trinajstić information content (AvgIpc) is 2.81. The molecular weight excluding hydrogens is 374 g/mol. The Morgan fingerprint density at radius 2 is 1.77 bits per heavy atom. The van der Waals surface area contributed by atoms with E-state index in [-0.39, 0.29) is 12.1 Å². The molecule has 0 radical (unpaired) electrons. The summed E-state index contributed by atoms with van der Waals surface area (Å²) in [5.41, 5.74) is 3.43. The van der Waals surface area contributed by atoms with Gasteiger partial charge < -0.3 is 15.0 Å². The fourth-order valence-corrected chi connectivity index (χ4v) is 4.58. The summed E-state index contributed by atoms with van der Waals surface area (Å²) in [7, 11) is 0.